The van der Waals surface area contributed by atoms with E-state index in [0.717, 1.165) is 13.7 Å². The number of hydrogen-bond donors (Lipinski definition) is 6. The highest BCUT2D eigenvalue weighted by Crippen LogP contribution is 2.54. The number of nitrogens with one attached hydrogen (secondary N) is 3. The number of halogens is 3. The predicted octanol–water partition coefficient (Wildman–Crippen LogP) is 11.1. The second kappa shape index (κ2) is 39.2. The topological polar surface area (TPSA) is 387 Å². The van der Waals surface area contributed by atoms with Gasteiger partial charge in [0.2, 0.25) is 0 Å². The van der Waals surface area contributed by atoms with Crippen LogP contribution in [0.25, 0.3) is 0 Å². The molecular weight excluding hydrogens is 1540 g/mol. The number of esters is 3. The fourth-order valence-corrected chi connectivity index (χ4v) is 15.6. The summed E-state index contributed by atoms with van der Waals surface area (Å²) in [6, 6.07) is 23.2. The summed E-state index contributed by atoms with van der Waals surface area (Å²) in [5, 5.41) is 31.6. The van der Waals surface area contributed by atoms with Crippen molar-refractivity contribution in [3.05, 3.63) is 172 Å². The Morgan fingerprint density at radius 2 is 0.676 bits per heavy atom. The minimum absolute atomic E-state index is 0.0618. The Morgan fingerprint density at radius 3 is 0.889 bits per heavy atom. The number of aliphatic hydroxyl groups is 3. The zero-order valence-electron chi connectivity index (χ0n) is 66.4. The number of carbonyl (C=O) groups excluding carboxylic acids is 3. The van der Waals surface area contributed by atoms with Gasteiger partial charge in [-0.3, -0.25) is 56.6 Å². The smallest absolute Gasteiger partial charge is 0.380 e. The molecule has 3 aliphatic heterocycles. The van der Waals surface area contributed by atoms with Gasteiger partial charge < -0.3 is 57.3 Å². The number of rotatable bonds is 30. The van der Waals surface area contributed by atoms with Crippen molar-refractivity contribution in [1.29, 1.82) is 0 Å². The van der Waals surface area contributed by atoms with Gasteiger partial charge >= 0.3 is 57.8 Å². The van der Waals surface area contributed by atoms with Gasteiger partial charge in [0, 0.05) is 35.3 Å². The molecule has 0 amide bonds. The summed E-state index contributed by atoms with van der Waals surface area (Å²) >= 11 is 15.0. The van der Waals surface area contributed by atoms with Gasteiger partial charge in [0.1, 0.15) is 67.8 Å². The quantitative estimate of drug-likeness (QED) is 0.0106. The third-order valence-corrected chi connectivity index (χ3v) is 22.4. The molecule has 594 valence electrons. The van der Waals surface area contributed by atoms with Crippen LogP contribution in [0, 0.1) is 52.4 Å². The molecule has 18 atom stereocenters. The van der Waals surface area contributed by atoms with Crippen molar-refractivity contribution in [3.8, 4) is 17.2 Å². The number of para-hydroxylation sites is 3. The van der Waals surface area contributed by atoms with Crippen LogP contribution < -0.4 is 30.6 Å². The molecule has 3 saturated heterocycles. The Morgan fingerprint density at radius 1 is 0.454 bits per heavy atom. The fraction of sp³-hybridized carbons (Fsp3) is 0.522. The molecule has 3 aliphatic rings. The SMILES string of the molecule is [2H]C([2H])(OP(=O)(C[C@@H](C)C(=O)OC(C)C)Oc1ccccc1)[C@@H]1O[C@H](n2cc(C)c(=S)[nH]c2=O)[C@H](F)C1O.[2H]C([2H])(O[P@@](=O)(C[C@@H](C)C(=O)OC(C)C)Oc1ccccc1)[C@@H]1O[C@H](n2cc(C)c(=S)[nH]c2=O)[C@H](F)C1O.[2H]C([2H])(O[P@](=O)(C[C@@H](C)C(=O)OC(C)C)Oc1ccccc1)[C@@H]1O[C@H](n2cc(C)c(=S)[nH]c2=O)[C@H](F)C1O. The zero-order chi connectivity index (χ0) is 85.2. The maximum atomic E-state index is 15.1. The number of aromatic amines is 3. The summed E-state index contributed by atoms with van der Waals surface area (Å²) < 4.78 is 204. The molecule has 6 heterocycles. The van der Waals surface area contributed by atoms with E-state index in [9.17, 15) is 57.8 Å². The monoisotopic (exact) mass is 1640 g/mol. The van der Waals surface area contributed by atoms with E-state index in [-0.39, 0.29) is 31.2 Å². The number of aliphatic hydroxyl groups excluding tert-OH is 3. The molecule has 0 radical (unpaired) electrons. The molecule has 39 heteroatoms. The van der Waals surface area contributed by atoms with Gasteiger partial charge in [0.15, 0.2) is 37.2 Å². The van der Waals surface area contributed by atoms with Crippen molar-refractivity contribution in [2.45, 2.75) is 175 Å². The Kier molecular flexibility index (Phi) is 28.7. The summed E-state index contributed by atoms with van der Waals surface area (Å²) in [5.41, 5.74) is -1.27. The van der Waals surface area contributed by atoms with E-state index in [1.54, 1.807) is 117 Å². The van der Waals surface area contributed by atoms with Crippen LogP contribution in [0.2, 0.25) is 0 Å². The molecule has 9 rings (SSSR count). The first-order valence-corrected chi connectivity index (χ1v) is 39.9. The number of ether oxygens (including phenoxy) is 6. The predicted molar refractivity (Wildman–Crippen MR) is 394 cm³/mol. The summed E-state index contributed by atoms with van der Waals surface area (Å²) in [7, 11) is -13.5. The van der Waals surface area contributed by atoms with Crippen LogP contribution in [0.4, 0.5) is 13.2 Å². The number of nitrogens with zero attached hydrogens (tertiary/aromatic N) is 3. The van der Waals surface area contributed by atoms with Crippen LogP contribution in [0.3, 0.4) is 0 Å². The van der Waals surface area contributed by atoms with Crippen LogP contribution in [0.15, 0.2) is 124 Å². The summed E-state index contributed by atoms with van der Waals surface area (Å²) in [5.74, 6) is -5.05. The molecule has 0 spiro atoms. The Balaban J connectivity index is 0.000000237. The van der Waals surface area contributed by atoms with Crippen molar-refractivity contribution in [1.82, 2.24) is 28.7 Å². The summed E-state index contributed by atoms with van der Waals surface area (Å²) in [6.45, 7) is 9.45. The van der Waals surface area contributed by atoms with Gasteiger partial charge in [-0.1, -0.05) is 112 Å². The minimum Gasteiger partial charge on any atom is -0.463 e. The van der Waals surface area contributed by atoms with E-state index < -0.39 is 206 Å². The first kappa shape index (κ1) is 79.0. The van der Waals surface area contributed by atoms with Crippen LogP contribution in [0.5, 0.6) is 17.2 Å². The number of aryl methyl sites for hydroxylation is 3. The Labute approximate surface area is 643 Å². The molecule has 3 fully saturated rings. The van der Waals surface area contributed by atoms with Gasteiger partial charge in [0.25, 0.3) is 0 Å². The molecule has 3 aromatic heterocycles. The second-order valence-corrected chi connectivity index (χ2v) is 33.0. The Bertz CT molecular complexity index is 4400. The highest BCUT2D eigenvalue weighted by Gasteiger charge is 2.50. The molecule has 3 aromatic carbocycles. The lowest BCUT2D eigenvalue weighted by Crippen LogP contribution is -2.34. The van der Waals surface area contributed by atoms with E-state index in [4.69, 9.17) is 100 Å². The third kappa shape index (κ3) is 24.4. The number of H-pyrrole nitrogens is 3. The lowest BCUT2D eigenvalue weighted by atomic mass is 10.1. The summed E-state index contributed by atoms with van der Waals surface area (Å²) in [4.78, 5) is 81.3. The highest BCUT2D eigenvalue weighted by molar-refractivity contribution is 7.71. The maximum absolute atomic E-state index is 15.1. The highest BCUT2D eigenvalue weighted by atomic mass is 32.1. The van der Waals surface area contributed by atoms with Crippen LogP contribution >= 0.6 is 59.4 Å². The molecule has 6 aromatic rings. The molecule has 0 saturated carbocycles. The average Bonchev–Trinajstić information content (AvgIpc) is 1.69. The van der Waals surface area contributed by atoms with Gasteiger partial charge in [-0.05, 0) is 98.7 Å². The van der Waals surface area contributed by atoms with Crippen molar-refractivity contribution in [3.63, 3.8) is 0 Å². The van der Waals surface area contributed by atoms with Gasteiger partial charge in [-0.25, -0.2) is 41.3 Å². The van der Waals surface area contributed by atoms with Gasteiger partial charge in [-0.15, -0.1) is 0 Å². The summed E-state index contributed by atoms with van der Waals surface area (Å²) in [6.07, 6.45) is -23.9. The number of aromatic nitrogens is 6. The van der Waals surface area contributed by atoms with Crippen molar-refractivity contribution in [2.75, 3.05) is 38.2 Å². The van der Waals surface area contributed by atoms with Gasteiger partial charge in [0.05, 0.1) is 82.5 Å². The molecule has 6 N–H and O–H groups in total. The number of carbonyl (C=O) groups is 3. The number of benzene rings is 3. The van der Waals surface area contributed by atoms with Crippen molar-refractivity contribution in [2.24, 2.45) is 17.8 Å². The molecular formula is C69H90F3N6O24P3S3. The van der Waals surface area contributed by atoms with E-state index >= 15 is 13.2 Å². The Hall–Kier alpha value is -7.11. The lowest BCUT2D eigenvalue weighted by Gasteiger charge is -2.24. The van der Waals surface area contributed by atoms with Crippen LogP contribution in [-0.2, 0) is 70.1 Å². The maximum Gasteiger partial charge on any atom is 0.380 e. The largest absolute Gasteiger partial charge is 0.463 e. The second-order valence-electron chi connectivity index (χ2n) is 26.0. The van der Waals surface area contributed by atoms with Crippen LogP contribution in [0.1, 0.15) is 106 Å². The van der Waals surface area contributed by atoms with Crippen molar-refractivity contribution >= 4 is 77.3 Å². The van der Waals surface area contributed by atoms with E-state index in [0.29, 0.717) is 16.7 Å². The average molecular weight is 1640 g/mol. The molecule has 4 unspecified atom stereocenters. The normalized spacial score (nSPS) is 25.5. The molecule has 30 nitrogen and oxygen atoms in total. The zero-order valence-corrected chi connectivity index (χ0v) is 65.5. The fourth-order valence-electron chi connectivity index (χ4n) is 10.1. The minimum atomic E-state index is -4.51. The van der Waals surface area contributed by atoms with Gasteiger partial charge in [-0.2, -0.15) is 0 Å². The number of alkyl halides is 3. The standard InChI is InChI=1S/3C23H30FN2O8PS/c3*1-13(2)32-22(28)15(4)12-35(30,34-16-8-6-5-7-9-16)31-11-17-19(27)18(24)21(33-17)26-10-14(3)20(36)25-23(26)29/h3*5-10,13,15,17-19,21,27H,11-12H2,1-4H3,(H,25,29,36)/t15-,17+,18-,19?,21+,35?;15-,17+,18-,19?,21+,35+;15-,17+,18-,19?,21+,35-/m111/s1/i3*11D2. The molecule has 108 heavy (non-hydrogen) atoms. The number of hydrogen-bond acceptors (Lipinski definition) is 27. The molecule has 0 aliphatic carbocycles. The molecule has 0 bridgehead atoms. The first-order valence-electron chi connectivity index (χ1n) is 36.5. The van der Waals surface area contributed by atoms with E-state index in [1.807, 2.05) is 0 Å². The third-order valence-electron chi connectivity index (χ3n) is 15.5. The van der Waals surface area contributed by atoms with Crippen molar-refractivity contribution < 1.29 is 120 Å². The lowest BCUT2D eigenvalue weighted by molar-refractivity contribution is -0.152. The van der Waals surface area contributed by atoms with Crippen LogP contribution in [-0.4, -0.2) is 173 Å². The van der Waals surface area contributed by atoms with E-state index in [1.165, 1.54) is 75.8 Å². The van der Waals surface area contributed by atoms with E-state index in [2.05, 4.69) is 15.0 Å². The first-order chi connectivity index (χ1) is 52.9.